The maximum atomic E-state index is 12.3. The van der Waals surface area contributed by atoms with Crippen LogP contribution in [0.1, 0.15) is 0 Å². The lowest BCUT2D eigenvalue weighted by molar-refractivity contribution is -0.0888. The molecule has 1 aliphatic heterocycles. The number of alkyl halides is 3. The molecule has 2 unspecified atom stereocenters. The molecule has 76 valence electrons. The Morgan fingerprint density at radius 3 is 2.79 bits per heavy atom. The average Bonchev–Trinajstić information content (AvgIpc) is 2.50. The second-order valence-corrected chi connectivity index (χ2v) is 3.88. The van der Waals surface area contributed by atoms with E-state index in [2.05, 4.69) is 31.7 Å². The van der Waals surface area contributed by atoms with Crippen LogP contribution in [-0.4, -0.2) is 18.3 Å². The number of hydrogen-bond donors (Lipinski definition) is 1. The van der Waals surface area contributed by atoms with Crippen LogP contribution in [0.25, 0.3) is 0 Å². The lowest BCUT2D eigenvalue weighted by Gasteiger charge is -2.20. The van der Waals surface area contributed by atoms with Gasteiger partial charge in [0.2, 0.25) is 0 Å². The van der Waals surface area contributed by atoms with Crippen LogP contribution < -0.4 is 5.43 Å². The normalized spacial score (nSPS) is 30.6. The van der Waals surface area contributed by atoms with Crippen molar-refractivity contribution < 1.29 is 13.2 Å². The lowest BCUT2D eigenvalue weighted by Crippen LogP contribution is -2.33. The summed E-state index contributed by atoms with van der Waals surface area (Å²) < 4.78 is 37.4. The monoisotopic (exact) mass is 267 g/mol. The van der Waals surface area contributed by atoms with Crippen molar-refractivity contribution in [1.29, 1.82) is 0 Å². The molecule has 2 rings (SSSR count). The van der Waals surface area contributed by atoms with E-state index in [9.17, 15) is 13.2 Å². The van der Waals surface area contributed by atoms with Gasteiger partial charge in [-0.2, -0.15) is 18.3 Å². The minimum absolute atomic E-state index is 0.360. The number of rotatable bonds is 0. The highest BCUT2D eigenvalue weighted by Gasteiger charge is 2.39. The Morgan fingerprint density at radius 1 is 1.43 bits per heavy atom. The first-order valence-corrected chi connectivity index (χ1v) is 4.59. The summed E-state index contributed by atoms with van der Waals surface area (Å²) in [7, 11) is 0. The molecule has 0 aromatic carbocycles. The van der Waals surface area contributed by atoms with Gasteiger partial charge < -0.3 is 0 Å². The van der Waals surface area contributed by atoms with Crippen molar-refractivity contribution in [2.24, 2.45) is 10.3 Å². The minimum Gasteiger partial charge on any atom is -0.282 e. The van der Waals surface area contributed by atoms with E-state index >= 15 is 0 Å². The van der Waals surface area contributed by atoms with Crippen molar-refractivity contribution in [2.45, 2.75) is 18.3 Å². The zero-order chi connectivity index (χ0) is 10.3. The van der Waals surface area contributed by atoms with Gasteiger partial charge in [-0.25, -0.2) is 0 Å². The van der Waals surface area contributed by atoms with Crippen LogP contribution >= 0.6 is 15.9 Å². The SMILES string of the molecule is FC(F)(F)C1=CC2NN=NC2C(Br)=C1. The highest BCUT2D eigenvalue weighted by atomic mass is 79.9. The van der Waals surface area contributed by atoms with Gasteiger partial charge in [0.1, 0.15) is 6.04 Å². The fraction of sp³-hybridized carbons (Fsp3) is 0.429. The van der Waals surface area contributed by atoms with Gasteiger partial charge >= 0.3 is 6.18 Å². The Labute approximate surface area is 85.9 Å². The Morgan fingerprint density at radius 2 is 2.14 bits per heavy atom. The summed E-state index contributed by atoms with van der Waals surface area (Å²) >= 11 is 3.05. The van der Waals surface area contributed by atoms with Crippen LogP contribution in [-0.2, 0) is 0 Å². The molecule has 1 heterocycles. The number of nitrogens with one attached hydrogen (secondary N) is 1. The molecule has 0 saturated carbocycles. The van der Waals surface area contributed by atoms with Crippen molar-refractivity contribution in [1.82, 2.24) is 5.43 Å². The van der Waals surface area contributed by atoms with E-state index in [1.54, 1.807) is 0 Å². The van der Waals surface area contributed by atoms with E-state index in [-0.39, 0.29) is 6.04 Å². The zero-order valence-electron chi connectivity index (χ0n) is 6.72. The van der Waals surface area contributed by atoms with E-state index in [1.807, 2.05) is 0 Å². The fourth-order valence-electron chi connectivity index (χ4n) is 1.31. The first kappa shape index (κ1) is 9.70. The maximum absolute atomic E-state index is 12.3. The molecule has 3 nitrogen and oxygen atoms in total. The molecule has 7 heteroatoms. The van der Waals surface area contributed by atoms with E-state index in [1.165, 1.54) is 0 Å². The molecule has 0 spiro atoms. The van der Waals surface area contributed by atoms with Gasteiger partial charge in [0, 0.05) is 4.48 Å². The predicted molar refractivity (Wildman–Crippen MR) is 46.7 cm³/mol. The number of nitrogens with zero attached hydrogens (tertiary/aromatic N) is 2. The first-order valence-electron chi connectivity index (χ1n) is 3.80. The summed E-state index contributed by atoms with van der Waals surface area (Å²) in [6, 6.07) is -0.855. The van der Waals surface area contributed by atoms with Gasteiger partial charge in [0.15, 0.2) is 0 Å². The third-order valence-electron chi connectivity index (χ3n) is 1.99. The summed E-state index contributed by atoms with van der Waals surface area (Å²) in [6.07, 6.45) is -2.20. The van der Waals surface area contributed by atoms with Crippen LogP contribution in [0.3, 0.4) is 0 Å². The third-order valence-corrected chi connectivity index (χ3v) is 2.69. The van der Waals surface area contributed by atoms with Gasteiger partial charge in [-0.1, -0.05) is 21.2 Å². The van der Waals surface area contributed by atoms with Crippen molar-refractivity contribution in [3.63, 3.8) is 0 Å². The third kappa shape index (κ3) is 1.56. The summed E-state index contributed by atoms with van der Waals surface area (Å²) in [5.74, 6) is 0. The molecule has 0 aromatic heterocycles. The molecule has 0 fully saturated rings. The van der Waals surface area contributed by atoms with Gasteiger partial charge in [-0.15, -0.1) is 0 Å². The van der Waals surface area contributed by atoms with Crippen molar-refractivity contribution in [3.8, 4) is 0 Å². The summed E-state index contributed by atoms with van der Waals surface area (Å²) in [6.45, 7) is 0. The molecular formula is C7H5BrF3N3. The summed E-state index contributed by atoms with van der Waals surface area (Å²) in [5.41, 5.74) is 1.83. The predicted octanol–water partition coefficient (Wildman–Crippen LogP) is 2.48. The van der Waals surface area contributed by atoms with E-state index in [0.29, 0.717) is 4.48 Å². The second kappa shape index (κ2) is 3.08. The molecule has 1 aliphatic carbocycles. The van der Waals surface area contributed by atoms with Crippen molar-refractivity contribution in [2.75, 3.05) is 0 Å². The van der Waals surface area contributed by atoms with Gasteiger partial charge in [-0.3, -0.25) is 5.43 Å². The van der Waals surface area contributed by atoms with E-state index in [0.717, 1.165) is 12.2 Å². The van der Waals surface area contributed by atoms with Crippen molar-refractivity contribution in [3.05, 3.63) is 22.2 Å². The summed E-state index contributed by atoms with van der Waals surface area (Å²) in [4.78, 5) is 0. The molecule has 0 radical (unpaired) electrons. The summed E-state index contributed by atoms with van der Waals surface area (Å²) in [5, 5.41) is 7.23. The minimum atomic E-state index is -4.33. The molecule has 0 bridgehead atoms. The van der Waals surface area contributed by atoms with E-state index in [4.69, 9.17) is 0 Å². The first-order chi connectivity index (χ1) is 6.48. The van der Waals surface area contributed by atoms with Crippen LogP contribution in [0.5, 0.6) is 0 Å². The molecule has 1 N–H and O–H groups in total. The van der Waals surface area contributed by atoms with E-state index < -0.39 is 17.8 Å². The van der Waals surface area contributed by atoms with Crippen molar-refractivity contribution >= 4 is 15.9 Å². The topological polar surface area (TPSA) is 36.8 Å². The maximum Gasteiger partial charge on any atom is 0.416 e. The van der Waals surface area contributed by atoms with Crippen LogP contribution in [0.2, 0.25) is 0 Å². The molecule has 14 heavy (non-hydrogen) atoms. The average molecular weight is 268 g/mol. The highest BCUT2D eigenvalue weighted by molar-refractivity contribution is 9.11. The molecule has 0 aromatic rings. The zero-order valence-corrected chi connectivity index (χ0v) is 8.30. The molecular weight excluding hydrogens is 263 g/mol. The number of hydrogen-bond acceptors (Lipinski definition) is 3. The van der Waals surface area contributed by atoms with Gasteiger partial charge in [0.05, 0.1) is 11.6 Å². The Kier molecular flexibility index (Phi) is 2.13. The molecule has 0 saturated heterocycles. The highest BCUT2D eigenvalue weighted by Crippen LogP contribution is 2.35. The fourth-order valence-corrected chi connectivity index (χ4v) is 1.93. The molecule has 2 atom stereocenters. The van der Waals surface area contributed by atoms with Gasteiger partial charge in [0.25, 0.3) is 0 Å². The largest absolute Gasteiger partial charge is 0.416 e. The standard InChI is InChI=1S/C7H5BrF3N3/c8-4-1-3(7(9,10)11)2-5-6(4)13-14-12-5/h1-2,5-6H,(H,12,13). The molecule has 0 amide bonds. The Balaban J connectivity index is 2.32. The second-order valence-electron chi connectivity index (χ2n) is 2.96. The van der Waals surface area contributed by atoms with Crippen LogP contribution in [0.4, 0.5) is 13.2 Å². The lowest BCUT2D eigenvalue weighted by atomic mass is 9.99. The number of allylic oxidation sites excluding steroid dienone is 2. The Bertz CT molecular complexity index is 345. The number of fused-ring (bicyclic) bond motifs is 1. The van der Waals surface area contributed by atoms with Gasteiger partial charge in [-0.05, 0) is 12.2 Å². The molecule has 2 aliphatic rings. The quantitative estimate of drug-likeness (QED) is 0.719. The van der Waals surface area contributed by atoms with Crippen LogP contribution in [0, 0.1) is 0 Å². The van der Waals surface area contributed by atoms with Crippen LogP contribution in [0.15, 0.2) is 32.5 Å². The Hall–Kier alpha value is -0.850. The smallest absolute Gasteiger partial charge is 0.282 e. The number of halogens is 4.